The minimum Gasteiger partial charge on any atom is -0.458 e. The number of hydrogen-bond donors (Lipinski definition) is 0. The van der Waals surface area contributed by atoms with Crippen LogP contribution >= 0.6 is 0 Å². The van der Waals surface area contributed by atoms with E-state index in [0.717, 1.165) is 45.1 Å². The van der Waals surface area contributed by atoms with E-state index in [9.17, 15) is 5.26 Å². The average Bonchev–Trinajstić information content (AvgIpc) is 2.62. The summed E-state index contributed by atoms with van der Waals surface area (Å²) in [5, 5.41) is 9.48. The van der Waals surface area contributed by atoms with Gasteiger partial charge in [-0.05, 0) is 36.4 Å². The van der Waals surface area contributed by atoms with Crippen LogP contribution < -0.4 is 30.6 Å². The minimum absolute atomic E-state index is 0.0306. The number of nitrogens with zero attached hydrogens (tertiary/aromatic N) is 1. The van der Waals surface area contributed by atoms with Crippen molar-refractivity contribution in [2.45, 2.75) is 0 Å². The lowest BCUT2D eigenvalue weighted by Crippen LogP contribution is -2.59. The van der Waals surface area contributed by atoms with Crippen LogP contribution in [0.25, 0.3) is 0 Å². The van der Waals surface area contributed by atoms with Crippen molar-refractivity contribution < 1.29 is 14.2 Å². The Hall–Kier alpha value is -3.39. The third kappa shape index (κ3) is 1.26. The molecule has 3 aromatic carbocycles. The first-order valence-corrected chi connectivity index (χ1v) is 7.71. The van der Waals surface area contributed by atoms with Gasteiger partial charge in [-0.25, -0.2) is 0 Å². The molecule has 0 bridgehead atoms. The van der Waals surface area contributed by atoms with E-state index in [0.29, 0.717) is 11.3 Å². The molecule has 110 valence electrons. The molecule has 0 spiro atoms. The third-order valence-electron chi connectivity index (χ3n) is 4.85. The first-order chi connectivity index (χ1) is 11.8. The Morgan fingerprint density at radius 3 is 1.79 bits per heavy atom. The highest BCUT2D eigenvalue weighted by Gasteiger charge is 2.46. The smallest absolute Gasteiger partial charge is 0.270 e. The van der Waals surface area contributed by atoms with Crippen molar-refractivity contribution in [2.24, 2.45) is 0 Å². The number of benzene rings is 3. The van der Waals surface area contributed by atoms with Crippen molar-refractivity contribution in [2.75, 3.05) is 0 Å². The molecule has 4 nitrogen and oxygen atoms in total. The van der Waals surface area contributed by atoms with E-state index in [4.69, 9.17) is 14.2 Å². The van der Waals surface area contributed by atoms with Gasteiger partial charge in [0.2, 0.25) is 0 Å². The monoisotopic (exact) mass is 309 g/mol. The van der Waals surface area contributed by atoms with Gasteiger partial charge in [0.1, 0.15) is 40.6 Å². The fraction of sp³-hybridized carbons (Fsp3) is 0. The molecular formula is C19H8BNO3. The van der Waals surface area contributed by atoms with Crippen LogP contribution in [0.4, 0.5) is 0 Å². The van der Waals surface area contributed by atoms with E-state index in [1.165, 1.54) is 0 Å². The van der Waals surface area contributed by atoms with E-state index in [1.54, 1.807) is 6.07 Å². The van der Waals surface area contributed by atoms with Gasteiger partial charge >= 0.3 is 0 Å². The molecule has 6 rings (SSSR count). The van der Waals surface area contributed by atoms with E-state index < -0.39 is 0 Å². The average molecular weight is 309 g/mol. The molecule has 0 N–H and O–H groups in total. The first kappa shape index (κ1) is 12.1. The largest absolute Gasteiger partial charge is 0.458 e. The van der Waals surface area contributed by atoms with Crippen LogP contribution in [0.1, 0.15) is 5.56 Å². The van der Waals surface area contributed by atoms with E-state index in [-0.39, 0.29) is 6.71 Å². The second-order valence-electron chi connectivity index (χ2n) is 6.04. The minimum atomic E-state index is -0.0306. The Balaban J connectivity index is 1.80. The molecule has 5 heteroatoms. The lowest BCUT2D eigenvalue weighted by molar-refractivity contribution is 0.442. The number of nitriles is 1. The summed E-state index contributed by atoms with van der Waals surface area (Å²) >= 11 is 0. The molecule has 3 aliphatic rings. The normalized spacial score (nSPS) is 13.9. The maximum atomic E-state index is 9.48. The van der Waals surface area contributed by atoms with Gasteiger partial charge in [0, 0.05) is 16.4 Å². The number of ether oxygens (including phenoxy) is 3. The molecule has 0 aliphatic carbocycles. The molecule has 0 fully saturated rings. The van der Waals surface area contributed by atoms with Crippen LogP contribution in [0.5, 0.6) is 34.5 Å². The van der Waals surface area contributed by atoms with Crippen LogP contribution in [0, 0.1) is 11.3 Å². The molecule has 0 radical (unpaired) electrons. The standard InChI is InChI=1S/C19H8BNO3/c21-9-10-7-8-15-18-19(10)24-14-6-2-5-13-17(14)20(18)16-11(22-13)3-1-4-12(16)23-15/h1-8H. The van der Waals surface area contributed by atoms with Crippen LogP contribution in [-0.2, 0) is 0 Å². The van der Waals surface area contributed by atoms with Gasteiger partial charge in [-0.2, -0.15) is 5.26 Å². The van der Waals surface area contributed by atoms with Crippen LogP contribution in [0.3, 0.4) is 0 Å². The Kier molecular flexibility index (Phi) is 1.98. The maximum Gasteiger partial charge on any atom is 0.270 e. The van der Waals surface area contributed by atoms with Gasteiger partial charge in [-0.15, -0.1) is 0 Å². The highest BCUT2D eigenvalue weighted by Crippen LogP contribution is 2.42. The second kappa shape index (κ2) is 3.92. The Morgan fingerprint density at radius 2 is 1.21 bits per heavy atom. The van der Waals surface area contributed by atoms with Gasteiger partial charge < -0.3 is 14.2 Å². The topological polar surface area (TPSA) is 51.5 Å². The van der Waals surface area contributed by atoms with Gasteiger partial charge in [0.15, 0.2) is 0 Å². The number of rotatable bonds is 0. The van der Waals surface area contributed by atoms with Crippen molar-refractivity contribution in [1.29, 1.82) is 5.26 Å². The van der Waals surface area contributed by atoms with Gasteiger partial charge in [-0.1, -0.05) is 12.1 Å². The fourth-order valence-corrected chi connectivity index (χ4v) is 3.89. The lowest BCUT2D eigenvalue weighted by atomic mass is 9.34. The van der Waals surface area contributed by atoms with Crippen molar-refractivity contribution in [3.8, 4) is 40.6 Å². The molecule has 0 atom stereocenters. The summed E-state index contributed by atoms with van der Waals surface area (Å²) in [6, 6.07) is 17.4. The summed E-state index contributed by atoms with van der Waals surface area (Å²) in [6.07, 6.45) is 0. The van der Waals surface area contributed by atoms with Crippen molar-refractivity contribution >= 4 is 23.1 Å². The molecule has 3 aliphatic heterocycles. The molecule has 3 heterocycles. The summed E-state index contributed by atoms with van der Waals surface area (Å²) in [7, 11) is 0. The first-order valence-electron chi connectivity index (χ1n) is 7.71. The summed E-state index contributed by atoms with van der Waals surface area (Å²) in [5.41, 5.74) is 3.44. The molecule has 24 heavy (non-hydrogen) atoms. The van der Waals surface area contributed by atoms with Crippen molar-refractivity contribution in [1.82, 2.24) is 0 Å². The molecule has 3 aromatic rings. The lowest BCUT2D eigenvalue weighted by Gasteiger charge is -2.37. The van der Waals surface area contributed by atoms with Gasteiger partial charge in [0.25, 0.3) is 6.71 Å². The Labute approximate surface area is 137 Å². The van der Waals surface area contributed by atoms with Crippen LogP contribution in [0.2, 0.25) is 0 Å². The Morgan fingerprint density at radius 1 is 0.667 bits per heavy atom. The van der Waals surface area contributed by atoms with E-state index in [1.807, 2.05) is 42.5 Å². The van der Waals surface area contributed by atoms with Gasteiger partial charge in [0.05, 0.1) is 5.56 Å². The van der Waals surface area contributed by atoms with Crippen molar-refractivity contribution in [3.63, 3.8) is 0 Å². The molecule has 0 amide bonds. The van der Waals surface area contributed by atoms with Crippen LogP contribution in [-0.4, -0.2) is 6.71 Å². The number of hydrogen-bond acceptors (Lipinski definition) is 4. The zero-order valence-corrected chi connectivity index (χ0v) is 12.4. The van der Waals surface area contributed by atoms with E-state index >= 15 is 0 Å². The predicted molar refractivity (Wildman–Crippen MR) is 88.9 cm³/mol. The Bertz CT molecular complexity index is 1080. The molecule has 0 aromatic heterocycles. The zero-order chi connectivity index (χ0) is 15.8. The van der Waals surface area contributed by atoms with Crippen LogP contribution in [0.15, 0.2) is 48.5 Å². The highest BCUT2D eigenvalue weighted by molar-refractivity contribution is 6.99. The molecule has 0 unspecified atom stereocenters. The summed E-state index contributed by atoms with van der Waals surface area (Å²) in [4.78, 5) is 0. The maximum absolute atomic E-state index is 9.48. The second-order valence-corrected chi connectivity index (χ2v) is 6.04. The SMILES string of the molecule is N#Cc1ccc2c3c1Oc1cccc4c1B3c1c(cccc1O2)O4. The highest BCUT2D eigenvalue weighted by atomic mass is 16.5. The molecule has 0 saturated carbocycles. The quantitative estimate of drug-likeness (QED) is 0.404. The van der Waals surface area contributed by atoms with Crippen molar-refractivity contribution in [3.05, 3.63) is 54.1 Å². The molecule has 0 saturated heterocycles. The summed E-state index contributed by atoms with van der Waals surface area (Å²) < 4.78 is 18.2. The molecular weight excluding hydrogens is 301 g/mol. The summed E-state index contributed by atoms with van der Waals surface area (Å²) in [5.74, 6) is 4.45. The van der Waals surface area contributed by atoms with Gasteiger partial charge in [-0.3, -0.25) is 0 Å². The third-order valence-corrected chi connectivity index (χ3v) is 4.85. The van der Waals surface area contributed by atoms with E-state index in [2.05, 4.69) is 6.07 Å². The predicted octanol–water partition coefficient (Wildman–Crippen LogP) is 2.39. The zero-order valence-electron chi connectivity index (χ0n) is 12.4. The summed E-state index contributed by atoms with van der Waals surface area (Å²) in [6.45, 7) is -0.0306. The fourth-order valence-electron chi connectivity index (χ4n) is 3.89.